The van der Waals surface area contributed by atoms with Crippen LogP contribution in [0, 0.1) is 0 Å². The minimum absolute atomic E-state index is 0.0756. The molecule has 2 rings (SSSR count). The number of carbonyl (C=O) groups is 1. The molecule has 1 amide bonds. The molecule has 0 bridgehead atoms. The summed E-state index contributed by atoms with van der Waals surface area (Å²) in [4.78, 5) is 12.2. The lowest BCUT2D eigenvalue weighted by molar-refractivity contribution is 0.0954. The number of hydrogen-bond acceptors (Lipinski definition) is 4. The van der Waals surface area contributed by atoms with Gasteiger partial charge in [-0.3, -0.25) is 4.79 Å². The van der Waals surface area contributed by atoms with E-state index in [0.29, 0.717) is 23.1 Å². The van der Waals surface area contributed by atoms with E-state index in [1.54, 1.807) is 13.2 Å². The molecule has 1 heterocycles. The molecule has 0 radical (unpaired) electrons. The molecule has 1 saturated heterocycles. The summed E-state index contributed by atoms with van der Waals surface area (Å²) >= 11 is 5.31. The topological polar surface area (TPSA) is 47.6 Å². The molecule has 0 aromatic heterocycles. The SMILES string of the molecule is COc1ccc(Br)c(C(=O)NCCSC2CCOCC2)c1. The maximum atomic E-state index is 12.2. The molecule has 0 saturated carbocycles. The lowest BCUT2D eigenvalue weighted by Gasteiger charge is -2.21. The highest BCUT2D eigenvalue weighted by molar-refractivity contribution is 9.10. The molecule has 1 aromatic carbocycles. The second-order valence-corrected chi connectivity index (χ2v) is 7.05. The van der Waals surface area contributed by atoms with E-state index in [9.17, 15) is 4.79 Å². The summed E-state index contributed by atoms with van der Waals surface area (Å²) in [5.74, 6) is 1.53. The van der Waals surface area contributed by atoms with E-state index in [2.05, 4.69) is 21.2 Å². The van der Waals surface area contributed by atoms with Crippen LogP contribution in [0.5, 0.6) is 5.75 Å². The smallest absolute Gasteiger partial charge is 0.252 e. The van der Waals surface area contributed by atoms with Gasteiger partial charge in [-0.1, -0.05) is 0 Å². The normalized spacial score (nSPS) is 15.7. The number of amides is 1. The van der Waals surface area contributed by atoms with Crippen molar-refractivity contribution in [3.05, 3.63) is 28.2 Å². The standard InChI is InChI=1S/C15H20BrNO3S/c1-19-11-2-3-14(16)13(10-11)15(18)17-6-9-21-12-4-7-20-8-5-12/h2-3,10,12H,4-9H2,1H3,(H,17,18). The first-order valence-electron chi connectivity index (χ1n) is 7.02. The minimum Gasteiger partial charge on any atom is -0.497 e. The lowest BCUT2D eigenvalue weighted by Crippen LogP contribution is -2.27. The monoisotopic (exact) mass is 373 g/mol. The predicted molar refractivity (Wildman–Crippen MR) is 89.3 cm³/mol. The molecule has 1 aliphatic heterocycles. The van der Waals surface area contributed by atoms with Gasteiger partial charge in [0, 0.05) is 35.2 Å². The Morgan fingerprint density at radius 1 is 1.48 bits per heavy atom. The zero-order valence-corrected chi connectivity index (χ0v) is 14.5. The number of nitrogens with one attached hydrogen (secondary N) is 1. The zero-order chi connectivity index (χ0) is 15.1. The summed E-state index contributed by atoms with van der Waals surface area (Å²) < 4.78 is 11.3. The van der Waals surface area contributed by atoms with Crippen molar-refractivity contribution in [1.82, 2.24) is 5.32 Å². The summed E-state index contributed by atoms with van der Waals surface area (Å²) in [6, 6.07) is 5.39. The van der Waals surface area contributed by atoms with Gasteiger partial charge in [-0.2, -0.15) is 11.8 Å². The Morgan fingerprint density at radius 2 is 2.24 bits per heavy atom. The Labute approximate surface area is 138 Å². The average molecular weight is 374 g/mol. The number of benzene rings is 1. The molecule has 116 valence electrons. The predicted octanol–water partition coefficient (Wildman–Crippen LogP) is 3.10. The van der Waals surface area contributed by atoms with Crippen LogP contribution in [0.25, 0.3) is 0 Å². The molecule has 1 aromatic rings. The highest BCUT2D eigenvalue weighted by atomic mass is 79.9. The molecular formula is C15H20BrNO3S. The summed E-state index contributed by atoms with van der Waals surface area (Å²) in [6.07, 6.45) is 2.22. The Hall–Kier alpha value is -0.720. The van der Waals surface area contributed by atoms with E-state index >= 15 is 0 Å². The van der Waals surface area contributed by atoms with Crippen LogP contribution in [0.1, 0.15) is 23.2 Å². The fraction of sp³-hybridized carbons (Fsp3) is 0.533. The highest BCUT2D eigenvalue weighted by Crippen LogP contribution is 2.23. The quantitative estimate of drug-likeness (QED) is 0.778. The molecule has 0 atom stereocenters. The number of methoxy groups -OCH3 is 1. The van der Waals surface area contributed by atoms with Crippen LogP contribution in [0.15, 0.2) is 22.7 Å². The fourth-order valence-corrected chi connectivity index (χ4v) is 3.64. The first-order valence-corrected chi connectivity index (χ1v) is 8.86. The third-order valence-corrected chi connectivity index (χ3v) is 5.40. The van der Waals surface area contributed by atoms with Gasteiger partial charge in [0.15, 0.2) is 0 Å². The van der Waals surface area contributed by atoms with Gasteiger partial charge >= 0.3 is 0 Å². The summed E-state index contributed by atoms with van der Waals surface area (Å²) in [7, 11) is 1.59. The number of ether oxygens (including phenoxy) is 2. The molecular weight excluding hydrogens is 354 g/mol. The van der Waals surface area contributed by atoms with Gasteiger partial charge < -0.3 is 14.8 Å². The molecule has 6 heteroatoms. The summed E-state index contributed by atoms with van der Waals surface area (Å²) in [5.41, 5.74) is 0.602. The molecule has 4 nitrogen and oxygen atoms in total. The van der Waals surface area contributed by atoms with Gasteiger partial charge in [-0.05, 0) is 47.0 Å². The van der Waals surface area contributed by atoms with Gasteiger partial charge in [0.1, 0.15) is 5.75 Å². The Kier molecular flexibility index (Phi) is 6.86. The third-order valence-electron chi connectivity index (χ3n) is 3.33. The van der Waals surface area contributed by atoms with Gasteiger partial charge in [-0.15, -0.1) is 0 Å². The molecule has 21 heavy (non-hydrogen) atoms. The van der Waals surface area contributed by atoms with Crippen molar-refractivity contribution in [2.24, 2.45) is 0 Å². The number of rotatable bonds is 6. The second-order valence-electron chi connectivity index (χ2n) is 4.78. The lowest BCUT2D eigenvalue weighted by atomic mass is 10.2. The highest BCUT2D eigenvalue weighted by Gasteiger charge is 2.14. The van der Waals surface area contributed by atoms with Crippen molar-refractivity contribution >= 4 is 33.6 Å². The van der Waals surface area contributed by atoms with Gasteiger partial charge in [0.2, 0.25) is 0 Å². The maximum Gasteiger partial charge on any atom is 0.252 e. The van der Waals surface area contributed by atoms with Crippen molar-refractivity contribution < 1.29 is 14.3 Å². The fourth-order valence-electron chi connectivity index (χ4n) is 2.13. The van der Waals surface area contributed by atoms with E-state index in [-0.39, 0.29) is 5.91 Å². The molecule has 1 fully saturated rings. The Balaban J connectivity index is 1.76. The molecule has 1 N–H and O–H groups in total. The number of halogens is 1. The van der Waals surface area contributed by atoms with Crippen LogP contribution >= 0.6 is 27.7 Å². The van der Waals surface area contributed by atoms with Crippen molar-refractivity contribution in [2.75, 3.05) is 32.6 Å². The first-order chi connectivity index (χ1) is 10.2. The van der Waals surface area contributed by atoms with Crippen molar-refractivity contribution in [3.63, 3.8) is 0 Å². The van der Waals surface area contributed by atoms with Crippen LogP contribution in [0.4, 0.5) is 0 Å². The summed E-state index contributed by atoms with van der Waals surface area (Å²) in [6.45, 7) is 2.39. The van der Waals surface area contributed by atoms with Crippen LogP contribution in [0.2, 0.25) is 0 Å². The van der Waals surface area contributed by atoms with E-state index in [1.807, 2.05) is 23.9 Å². The van der Waals surface area contributed by atoms with Crippen LogP contribution in [-0.2, 0) is 4.74 Å². The van der Waals surface area contributed by atoms with Crippen molar-refractivity contribution in [3.8, 4) is 5.75 Å². The zero-order valence-electron chi connectivity index (χ0n) is 12.1. The maximum absolute atomic E-state index is 12.2. The van der Waals surface area contributed by atoms with Crippen LogP contribution in [0.3, 0.4) is 0 Å². The van der Waals surface area contributed by atoms with Gasteiger partial charge in [0.05, 0.1) is 12.7 Å². The van der Waals surface area contributed by atoms with E-state index in [0.717, 1.165) is 36.3 Å². The van der Waals surface area contributed by atoms with E-state index < -0.39 is 0 Å². The number of thioether (sulfide) groups is 1. The van der Waals surface area contributed by atoms with E-state index in [1.165, 1.54) is 0 Å². The van der Waals surface area contributed by atoms with Crippen LogP contribution in [-0.4, -0.2) is 43.8 Å². The second kappa shape index (κ2) is 8.66. The summed E-state index contributed by atoms with van der Waals surface area (Å²) in [5, 5.41) is 3.62. The van der Waals surface area contributed by atoms with Crippen molar-refractivity contribution in [2.45, 2.75) is 18.1 Å². The molecule has 0 aliphatic carbocycles. The number of hydrogen-bond donors (Lipinski definition) is 1. The van der Waals surface area contributed by atoms with Crippen molar-refractivity contribution in [1.29, 1.82) is 0 Å². The number of carbonyl (C=O) groups excluding carboxylic acids is 1. The Morgan fingerprint density at radius 3 is 2.95 bits per heavy atom. The molecule has 0 unspecified atom stereocenters. The average Bonchev–Trinajstić information content (AvgIpc) is 2.53. The molecule has 1 aliphatic rings. The molecule has 0 spiro atoms. The first kappa shape index (κ1) is 16.6. The van der Waals surface area contributed by atoms with Gasteiger partial charge in [-0.25, -0.2) is 0 Å². The Bertz CT molecular complexity index is 478. The van der Waals surface area contributed by atoms with Crippen LogP contribution < -0.4 is 10.1 Å². The van der Waals surface area contributed by atoms with E-state index in [4.69, 9.17) is 9.47 Å². The minimum atomic E-state index is -0.0756. The van der Waals surface area contributed by atoms with Gasteiger partial charge in [0.25, 0.3) is 5.91 Å². The third kappa shape index (κ3) is 5.20. The largest absolute Gasteiger partial charge is 0.497 e.